The average molecular weight is 302 g/mol. The van der Waals surface area contributed by atoms with Gasteiger partial charge in [0, 0.05) is 44.8 Å². The molecule has 5 nitrogen and oxygen atoms in total. The first-order chi connectivity index (χ1) is 10.7. The first-order valence-corrected chi connectivity index (χ1v) is 8.74. The van der Waals surface area contributed by atoms with Gasteiger partial charge in [-0.2, -0.15) is 5.10 Å². The van der Waals surface area contributed by atoms with E-state index in [1.165, 1.54) is 37.7 Å². The van der Waals surface area contributed by atoms with Gasteiger partial charge in [-0.3, -0.25) is 9.48 Å². The molecule has 3 aliphatic rings. The summed E-state index contributed by atoms with van der Waals surface area (Å²) < 4.78 is 1.84. The molecule has 1 amide bonds. The zero-order chi connectivity index (χ0) is 15.1. The molecule has 2 saturated heterocycles. The minimum Gasteiger partial charge on any atom is -0.339 e. The van der Waals surface area contributed by atoms with Crippen molar-refractivity contribution >= 4 is 5.91 Å². The van der Waals surface area contributed by atoms with E-state index in [1.807, 2.05) is 17.9 Å². The Hall–Kier alpha value is -1.36. The molecule has 4 rings (SSSR count). The van der Waals surface area contributed by atoms with Crippen molar-refractivity contribution in [3.63, 3.8) is 0 Å². The fraction of sp³-hybridized carbons (Fsp3) is 0.765. The quantitative estimate of drug-likeness (QED) is 0.921. The number of amides is 1. The molecule has 3 heterocycles. The number of nitrogens with zero attached hydrogens (tertiary/aromatic N) is 3. The van der Waals surface area contributed by atoms with Gasteiger partial charge < -0.3 is 10.2 Å². The maximum Gasteiger partial charge on any atom is 0.227 e. The molecule has 1 N–H and O–H groups in total. The fourth-order valence-electron chi connectivity index (χ4n) is 4.51. The summed E-state index contributed by atoms with van der Waals surface area (Å²) in [6.07, 6.45) is 10.4. The summed E-state index contributed by atoms with van der Waals surface area (Å²) in [4.78, 5) is 15.4. The summed E-state index contributed by atoms with van der Waals surface area (Å²) >= 11 is 0. The maximum atomic E-state index is 13.2. The Balaban J connectivity index is 1.51. The number of carbonyl (C=O) groups is 1. The lowest BCUT2D eigenvalue weighted by Gasteiger charge is -2.38. The summed E-state index contributed by atoms with van der Waals surface area (Å²) in [6, 6.07) is 0.524. The van der Waals surface area contributed by atoms with E-state index >= 15 is 0 Å². The van der Waals surface area contributed by atoms with Gasteiger partial charge in [0.2, 0.25) is 5.91 Å². The van der Waals surface area contributed by atoms with Crippen LogP contribution in [-0.4, -0.2) is 46.3 Å². The second-order valence-electron chi connectivity index (χ2n) is 7.25. The van der Waals surface area contributed by atoms with Gasteiger partial charge in [-0.25, -0.2) is 0 Å². The van der Waals surface area contributed by atoms with Gasteiger partial charge in [0.05, 0.1) is 12.1 Å². The van der Waals surface area contributed by atoms with Crippen LogP contribution in [0.2, 0.25) is 0 Å². The first kappa shape index (κ1) is 14.2. The maximum absolute atomic E-state index is 13.2. The molecule has 1 aliphatic carbocycles. The molecule has 3 atom stereocenters. The summed E-state index contributed by atoms with van der Waals surface area (Å²) in [5.41, 5.74) is 1.20. The predicted octanol–water partition coefficient (Wildman–Crippen LogP) is 1.51. The molecule has 1 unspecified atom stereocenters. The predicted molar refractivity (Wildman–Crippen MR) is 84.4 cm³/mol. The Morgan fingerprint density at radius 2 is 2.14 bits per heavy atom. The molecule has 1 aromatic heterocycles. The third-order valence-electron chi connectivity index (χ3n) is 5.96. The van der Waals surface area contributed by atoms with Crippen LogP contribution >= 0.6 is 0 Å². The monoisotopic (exact) mass is 302 g/mol. The van der Waals surface area contributed by atoms with Gasteiger partial charge in [-0.15, -0.1) is 0 Å². The summed E-state index contributed by atoms with van der Waals surface area (Å²) in [7, 11) is 1.94. The van der Waals surface area contributed by atoms with Gasteiger partial charge in [0.25, 0.3) is 0 Å². The SMILES string of the molecule is Cn1cc([C@H]2CNC[C@@H]2C(=O)N2CCCC2C2CCC2)cn1. The molecule has 0 spiro atoms. The highest BCUT2D eigenvalue weighted by atomic mass is 16.2. The second kappa shape index (κ2) is 5.69. The first-order valence-electron chi connectivity index (χ1n) is 8.74. The zero-order valence-electron chi connectivity index (χ0n) is 13.4. The van der Waals surface area contributed by atoms with E-state index in [2.05, 4.69) is 21.5 Å². The number of aromatic nitrogens is 2. The molecule has 1 saturated carbocycles. The smallest absolute Gasteiger partial charge is 0.227 e. The van der Waals surface area contributed by atoms with Crippen LogP contribution in [0.5, 0.6) is 0 Å². The zero-order valence-corrected chi connectivity index (χ0v) is 13.4. The molecule has 3 fully saturated rings. The van der Waals surface area contributed by atoms with Crippen molar-refractivity contribution in [2.24, 2.45) is 18.9 Å². The number of rotatable bonds is 3. The van der Waals surface area contributed by atoms with Crippen molar-refractivity contribution in [2.75, 3.05) is 19.6 Å². The Labute approximate surface area is 132 Å². The molecule has 22 heavy (non-hydrogen) atoms. The van der Waals surface area contributed by atoms with Crippen LogP contribution in [0.1, 0.15) is 43.6 Å². The number of carbonyl (C=O) groups excluding carboxylic acids is 1. The van der Waals surface area contributed by atoms with Crippen molar-refractivity contribution in [2.45, 2.75) is 44.1 Å². The van der Waals surface area contributed by atoms with Crippen molar-refractivity contribution in [1.82, 2.24) is 20.0 Å². The summed E-state index contributed by atoms with van der Waals surface area (Å²) in [5.74, 6) is 1.53. The number of hydrogen-bond donors (Lipinski definition) is 1. The van der Waals surface area contributed by atoms with Crippen LogP contribution in [0.4, 0.5) is 0 Å². The van der Waals surface area contributed by atoms with Gasteiger partial charge in [0.1, 0.15) is 0 Å². The minimum absolute atomic E-state index is 0.0878. The lowest BCUT2D eigenvalue weighted by Crippen LogP contribution is -2.46. The van der Waals surface area contributed by atoms with Crippen LogP contribution in [0.15, 0.2) is 12.4 Å². The van der Waals surface area contributed by atoms with Crippen LogP contribution in [0.25, 0.3) is 0 Å². The normalized spacial score (nSPS) is 32.4. The van der Waals surface area contributed by atoms with Crippen molar-refractivity contribution in [3.05, 3.63) is 18.0 Å². The number of hydrogen-bond acceptors (Lipinski definition) is 3. The Morgan fingerprint density at radius 1 is 1.27 bits per heavy atom. The largest absolute Gasteiger partial charge is 0.339 e. The lowest BCUT2D eigenvalue weighted by atomic mass is 9.78. The van der Waals surface area contributed by atoms with Crippen molar-refractivity contribution in [3.8, 4) is 0 Å². The second-order valence-corrected chi connectivity index (χ2v) is 7.25. The van der Waals surface area contributed by atoms with Crippen LogP contribution in [0, 0.1) is 11.8 Å². The van der Waals surface area contributed by atoms with Crippen molar-refractivity contribution < 1.29 is 4.79 Å². The number of aryl methyl sites for hydroxylation is 1. The molecule has 0 aromatic carbocycles. The Morgan fingerprint density at radius 3 is 2.82 bits per heavy atom. The highest BCUT2D eigenvalue weighted by molar-refractivity contribution is 5.81. The van der Waals surface area contributed by atoms with Crippen LogP contribution < -0.4 is 5.32 Å². The van der Waals surface area contributed by atoms with E-state index in [9.17, 15) is 4.79 Å². The van der Waals surface area contributed by atoms with E-state index in [0.717, 1.165) is 25.6 Å². The molecule has 0 bridgehead atoms. The molecular weight excluding hydrogens is 276 g/mol. The topological polar surface area (TPSA) is 50.2 Å². The molecule has 2 aliphatic heterocycles. The lowest BCUT2D eigenvalue weighted by molar-refractivity contribution is -0.137. The standard InChI is InChI=1S/C17H26N4O/c1-20-11-13(8-19-20)14-9-18-10-15(14)17(22)21-7-3-6-16(21)12-4-2-5-12/h8,11-12,14-16,18H,2-7,9-10H2,1H3/t14-,15+,16?/m1/s1. The summed E-state index contributed by atoms with van der Waals surface area (Å²) in [5, 5.41) is 7.70. The van der Waals surface area contributed by atoms with E-state index < -0.39 is 0 Å². The van der Waals surface area contributed by atoms with Gasteiger partial charge in [0.15, 0.2) is 0 Å². The number of likely N-dealkylation sites (tertiary alicyclic amines) is 1. The molecule has 5 heteroatoms. The summed E-state index contributed by atoms with van der Waals surface area (Å²) in [6.45, 7) is 2.67. The van der Waals surface area contributed by atoms with Crippen LogP contribution in [0.3, 0.4) is 0 Å². The van der Waals surface area contributed by atoms with E-state index in [-0.39, 0.29) is 11.8 Å². The van der Waals surface area contributed by atoms with Gasteiger partial charge in [-0.1, -0.05) is 6.42 Å². The Bertz CT molecular complexity index is 551. The third-order valence-corrected chi connectivity index (χ3v) is 5.96. The fourth-order valence-corrected chi connectivity index (χ4v) is 4.51. The van der Waals surface area contributed by atoms with Gasteiger partial charge >= 0.3 is 0 Å². The highest BCUT2D eigenvalue weighted by Crippen LogP contribution is 2.39. The molecule has 0 radical (unpaired) electrons. The van der Waals surface area contributed by atoms with E-state index in [4.69, 9.17) is 0 Å². The number of nitrogens with one attached hydrogen (secondary N) is 1. The molecule has 1 aromatic rings. The average Bonchev–Trinajstić information content (AvgIpc) is 3.14. The molecule has 120 valence electrons. The van der Waals surface area contributed by atoms with E-state index in [0.29, 0.717) is 11.9 Å². The third kappa shape index (κ3) is 2.35. The van der Waals surface area contributed by atoms with E-state index in [1.54, 1.807) is 0 Å². The molecular formula is C17H26N4O. The minimum atomic E-state index is 0.0878. The van der Waals surface area contributed by atoms with Crippen molar-refractivity contribution in [1.29, 1.82) is 0 Å². The van der Waals surface area contributed by atoms with Crippen LogP contribution in [-0.2, 0) is 11.8 Å². The Kier molecular flexibility index (Phi) is 3.68. The van der Waals surface area contributed by atoms with Gasteiger partial charge in [-0.05, 0) is 37.2 Å². The highest BCUT2D eigenvalue weighted by Gasteiger charge is 2.43.